The summed E-state index contributed by atoms with van der Waals surface area (Å²) >= 11 is 6.84. The van der Waals surface area contributed by atoms with E-state index in [0.717, 1.165) is 24.8 Å². The van der Waals surface area contributed by atoms with Crippen molar-refractivity contribution in [3.8, 4) is 17.6 Å². The third-order valence-electron chi connectivity index (χ3n) is 4.69. The first kappa shape index (κ1) is 20.1. The maximum atomic E-state index is 12.6. The molecule has 1 heterocycles. The maximum absolute atomic E-state index is 12.6. The van der Waals surface area contributed by atoms with Gasteiger partial charge in [-0.1, -0.05) is 6.92 Å². The van der Waals surface area contributed by atoms with Crippen LogP contribution in [0.3, 0.4) is 0 Å². The van der Waals surface area contributed by atoms with Crippen molar-refractivity contribution in [2.75, 3.05) is 19.5 Å². The number of nitrogens with one attached hydrogen (secondary N) is 2. The molecular weight excluding hydrogens is 394 g/mol. The number of amides is 1. The van der Waals surface area contributed by atoms with Gasteiger partial charge in [-0.15, -0.1) is 11.3 Å². The van der Waals surface area contributed by atoms with E-state index in [-0.39, 0.29) is 11.0 Å². The number of nitriles is 1. The molecule has 3 rings (SSSR count). The fourth-order valence-electron chi connectivity index (χ4n) is 3.21. The minimum atomic E-state index is -0.386. The van der Waals surface area contributed by atoms with E-state index in [4.69, 9.17) is 21.7 Å². The van der Waals surface area contributed by atoms with Crippen LogP contribution < -0.4 is 20.1 Å². The van der Waals surface area contributed by atoms with Gasteiger partial charge in [0.2, 0.25) is 0 Å². The predicted molar refractivity (Wildman–Crippen MR) is 113 cm³/mol. The summed E-state index contributed by atoms with van der Waals surface area (Å²) in [6, 6.07) is 7.17. The number of methoxy groups -OCH3 is 2. The second-order valence-corrected chi connectivity index (χ2v) is 8.19. The van der Waals surface area contributed by atoms with Gasteiger partial charge in [-0.05, 0) is 55.1 Å². The number of hydrogen-bond acceptors (Lipinski definition) is 6. The molecule has 1 aromatic heterocycles. The molecule has 28 heavy (non-hydrogen) atoms. The summed E-state index contributed by atoms with van der Waals surface area (Å²) in [6.07, 6.45) is 2.95. The lowest BCUT2D eigenvalue weighted by Gasteiger charge is -2.17. The van der Waals surface area contributed by atoms with Gasteiger partial charge in [0.25, 0.3) is 5.91 Å². The maximum Gasteiger partial charge on any atom is 0.257 e. The van der Waals surface area contributed by atoms with Crippen molar-refractivity contribution >= 4 is 39.6 Å². The monoisotopic (exact) mass is 415 g/mol. The molecule has 2 aromatic rings. The zero-order valence-corrected chi connectivity index (χ0v) is 17.6. The van der Waals surface area contributed by atoms with Crippen molar-refractivity contribution in [1.82, 2.24) is 5.32 Å². The summed E-state index contributed by atoms with van der Waals surface area (Å²) in [7, 11) is 3.04. The molecule has 1 aliphatic carbocycles. The van der Waals surface area contributed by atoms with Crippen LogP contribution in [0.4, 0.5) is 5.00 Å². The lowest BCUT2D eigenvalue weighted by molar-refractivity contribution is 0.0977. The molecule has 0 saturated carbocycles. The molecule has 1 amide bonds. The van der Waals surface area contributed by atoms with E-state index in [9.17, 15) is 10.1 Å². The number of thiophene rings is 1. The zero-order valence-electron chi connectivity index (χ0n) is 15.9. The summed E-state index contributed by atoms with van der Waals surface area (Å²) in [4.78, 5) is 13.8. The molecule has 2 N–H and O–H groups in total. The largest absolute Gasteiger partial charge is 0.497 e. The average Bonchev–Trinajstić information content (AvgIpc) is 3.02. The van der Waals surface area contributed by atoms with Crippen molar-refractivity contribution in [2.45, 2.75) is 26.2 Å². The fourth-order valence-corrected chi connectivity index (χ4v) is 4.83. The Morgan fingerprint density at radius 1 is 1.29 bits per heavy atom. The SMILES string of the molecule is COc1cc(OC)cc(C(=O)NC(=S)Nc2sc3c(c2C#N)CC[C@@H](C)C3)c1. The van der Waals surface area contributed by atoms with Crippen molar-refractivity contribution in [2.24, 2.45) is 5.92 Å². The van der Waals surface area contributed by atoms with Crippen LogP contribution in [0.15, 0.2) is 18.2 Å². The van der Waals surface area contributed by atoms with Crippen LogP contribution in [-0.2, 0) is 12.8 Å². The van der Waals surface area contributed by atoms with E-state index in [1.165, 1.54) is 19.1 Å². The second-order valence-electron chi connectivity index (χ2n) is 6.68. The van der Waals surface area contributed by atoms with Crippen molar-refractivity contribution in [1.29, 1.82) is 5.26 Å². The Balaban J connectivity index is 1.75. The first-order valence-corrected chi connectivity index (χ1v) is 10.1. The Hall–Kier alpha value is -2.63. The van der Waals surface area contributed by atoms with Gasteiger partial charge in [0.05, 0.1) is 19.8 Å². The van der Waals surface area contributed by atoms with Gasteiger partial charge >= 0.3 is 0 Å². The third-order valence-corrected chi connectivity index (χ3v) is 6.07. The molecular formula is C20H21N3O3S2. The number of carbonyl (C=O) groups is 1. The average molecular weight is 416 g/mol. The Morgan fingerprint density at radius 3 is 2.57 bits per heavy atom. The van der Waals surface area contributed by atoms with Gasteiger partial charge < -0.3 is 14.8 Å². The molecule has 0 aliphatic heterocycles. The Kier molecular flexibility index (Phi) is 6.17. The number of anilines is 1. The smallest absolute Gasteiger partial charge is 0.257 e. The summed E-state index contributed by atoms with van der Waals surface area (Å²) in [5.41, 5.74) is 2.10. The third kappa shape index (κ3) is 4.26. The van der Waals surface area contributed by atoms with Crippen LogP contribution in [-0.4, -0.2) is 25.2 Å². The summed E-state index contributed by atoms with van der Waals surface area (Å²) in [6.45, 7) is 2.22. The number of benzene rings is 1. The molecule has 0 radical (unpaired) electrons. The lowest BCUT2D eigenvalue weighted by atomic mass is 9.89. The van der Waals surface area contributed by atoms with E-state index in [1.807, 2.05) is 0 Å². The highest BCUT2D eigenvalue weighted by Crippen LogP contribution is 2.39. The number of fused-ring (bicyclic) bond motifs is 1. The molecule has 0 unspecified atom stereocenters. The summed E-state index contributed by atoms with van der Waals surface area (Å²) in [5.74, 6) is 1.24. The Bertz CT molecular complexity index is 940. The Morgan fingerprint density at radius 2 is 1.96 bits per heavy atom. The first-order chi connectivity index (χ1) is 13.4. The van der Waals surface area contributed by atoms with Gasteiger partial charge in [0.1, 0.15) is 22.6 Å². The van der Waals surface area contributed by atoms with Crippen molar-refractivity contribution in [3.63, 3.8) is 0 Å². The van der Waals surface area contributed by atoms with E-state index >= 15 is 0 Å². The Labute approximate surface area is 173 Å². The highest BCUT2D eigenvalue weighted by Gasteiger charge is 2.24. The molecule has 1 aromatic carbocycles. The highest BCUT2D eigenvalue weighted by molar-refractivity contribution is 7.80. The molecule has 1 aliphatic rings. The van der Waals surface area contributed by atoms with Gasteiger partial charge in [0, 0.05) is 16.5 Å². The van der Waals surface area contributed by atoms with Crippen LogP contribution >= 0.6 is 23.6 Å². The molecule has 6 nitrogen and oxygen atoms in total. The second kappa shape index (κ2) is 8.59. The molecule has 8 heteroatoms. The predicted octanol–water partition coefficient (Wildman–Crippen LogP) is 3.89. The zero-order chi connectivity index (χ0) is 20.3. The number of nitrogens with zero attached hydrogens (tertiary/aromatic N) is 1. The van der Waals surface area contributed by atoms with E-state index < -0.39 is 0 Å². The van der Waals surface area contributed by atoms with Crippen LogP contribution in [0.5, 0.6) is 11.5 Å². The minimum absolute atomic E-state index is 0.148. The summed E-state index contributed by atoms with van der Waals surface area (Å²) in [5, 5.41) is 16.1. The van der Waals surface area contributed by atoms with Crippen LogP contribution in [0.1, 0.15) is 39.7 Å². The number of thiocarbonyl (C=S) groups is 1. The lowest BCUT2D eigenvalue weighted by Crippen LogP contribution is -2.34. The van der Waals surface area contributed by atoms with Gasteiger partial charge in [0.15, 0.2) is 5.11 Å². The first-order valence-electron chi connectivity index (χ1n) is 8.85. The van der Waals surface area contributed by atoms with Crippen molar-refractivity contribution < 1.29 is 14.3 Å². The van der Waals surface area contributed by atoms with Crippen molar-refractivity contribution in [3.05, 3.63) is 39.8 Å². The van der Waals surface area contributed by atoms with Crippen LogP contribution in [0.2, 0.25) is 0 Å². The van der Waals surface area contributed by atoms with E-state index in [0.29, 0.717) is 33.5 Å². The minimum Gasteiger partial charge on any atom is -0.497 e. The molecule has 146 valence electrons. The molecule has 0 fully saturated rings. The number of rotatable bonds is 4. The normalized spacial score (nSPS) is 15.1. The van der Waals surface area contributed by atoms with E-state index in [1.54, 1.807) is 29.5 Å². The molecule has 0 saturated heterocycles. The van der Waals surface area contributed by atoms with Crippen LogP contribution in [0.25, 0.3) is 0 Å². The standard InChI is InChI=1S/C20H21N3O3S2/c1-11-4-5-15-16(10-21)19(28-17(15)6-11)23-20(27)22-18(24)12-7-13(25-2)9-14(8-12)26-3/h7-9,11H,4-6H2,1-3H3,(H2,22,23,24,27)/t11-/m1/s1. The number of hydrogen-bond donors (Lipinski definition) is 2. The molecule has 1 atom stereocenters. The molecule has 0 bridgehead atoms. The van der Waals surface area contributed by atoms with Gasteiger partial charge in [-0.3, -0.25) is 10.1 Å². The number of carbonyl (C=O) groups excluding carboxylic acids is 1. The fraction of sp³-hybridized carbons (Fsp3) is 0.350. The van der Waals surface area contributed by atoms with Gasteiger partial charge in [-0.25, -0.2) is 0 Å². The van der Waals surface area contributed by atoms with Crippen LogP contribution in [0, 0.1) is 17.2 Å². The topological polar surface area (TPSA) is 83.4 Å². The quantitative estimate of drug-likeness (QED) is 0.737. The van der Waals surface area contributed by atoms with E-state index in [2.05, 4.69) is 23.6 Å². The highest BCUT2D eigenvalue weighted by atomic mass is 32.1. The molecule has 0 spiro atoms. The van der Waals surface area contributed by atoms with Gasteiger partial charge in [-0.2, -0.15) is 5.26 Å². The number of ether oxygens (including phenoxy) is 2. The summed E-state index contributed by atoms with van der Waals surface area (Å²) < 4.78 is 10.4.